The molecule has 24 heavy (non-hydrogen) atoms. The second-order valence-electron chi connectivity index (χ2n) is 5.19. The highest BCUT2D eigenvalue weighted by Gasteiger charge is 2.20. The average Bonchev–Trinajstić information content (AvgIpc) is 2.57. The van der Waals surface area contributed by atoms with Crippen LogP contribution in [0.15, 0.2) is 41.5 Å². The minimum atomic E-state index is -0.610. The van der Waals surface area contributed by atoms with Crippen molar-refractivity contribution in [1.29, 1.82) is 0 Å². The molecule has 1 aliphatic rings. The quantitative estimate of drug-likeness (QED) is 0.534. The molecule has 7 nitrogen and oxygen atoms in total. The Morgan fingerprint density at radius 1 is 1.46 bits per heavy atom. The van der Waals surface area contributed by atoms with E-state index in [1.54, 1.807) is 13.2 Å². The highest BCUT2D eigenvalue weighted by Crippen LogP contribution is 2.26. The van der Waals surface area contributed by atoms with Gasteiger partial charge in [0.05, 0.1) is 19.9 Å². The maximum atomic E-state index is 11.5. The molecule has 0 aliphatic carbocycles. The third-order valence-corrected chi connectivity index (χ3v) is 3.87. The molecule has 0 radical (unpaired) electrons. The minimum absolute atomic E-state index is 0.0257. The molecule has 0 atom stereocenters. The van der Waals surface area contributed by atoms with Gasteiger partial charge in [-0.05, 0) is 24.3 Å². The predicted octanol–water partition coefficient (Wildman–Crippen LogP) is 0.897. The van der Waals surface area contributed by atoms with Crippen molar-refractivity contribution in [1.82, 2.24) is 10.2 Å². The van der Waals surface area contributed by atoms with Crippen molar-refractivity contribution in [3.63, 3.8) is 0 Å². The van der Waals surface area contributed by atoms with Crippen molar-refractivity contribution in [2.45, 2.75) is 6.54 Å². The second-order valence-corrected chi connectivity index (χ2v) is 5.63. The number of halogens is 1. The SMILES string of the molecule is COC(=O)/C(N)=C/C1=C(N)NCCN1Cc1cc(Cl)ccc1OC. The number of nitrogens with two attached hydrogens (primary N) is 2. The lowest BCUT2D eigenvalue weighted by Crippen LogP contribution is -2.41. The van der Waals surface area contributed by atoms with E-state index in [0.29, 0.717) is 36.2 Å². The number of methoxy groups -OCH3 is 2. The van der Waals surface area contributed by atoms with Crippen LogP contribution >= 0.6 is 11.6 Å². The Morgan fingerprint density at radius 2 is 2.21 bits per heavy atom. The minimum Gasteiger partial charge on any atom is -0.496 e. The van der Waals surface area contributed by atoms with Crippen LogP contribution in [-0.4, -0.2) is 38.2 Å². The van der Waals surface area contributed by atoms with E-state index >= 15 is 0 Å². The number of carbonyl (C=O) groups excluding carboxylic acids is 1. The lowest BCUT2D eigenvalue weighted by atomic mass is 10.1. The normalized spacial score (nSPS) is 15.1. The fourth-order valence-electron chi connectivity index (χ4n) is 2.44. The van der Waals surface area contributed by atoms with Crippen LogP contribution in [0.1, 0.15) is 5.56 Å². The largest absolute Gasteiger partial charge is 0.496 e. The van der Waals surface area contributed by atoms with E-state index in [1.165, 1.54) is 13.2 Å². The molecule has 0 unspecified atom stereocenters. The van der Waals surface area contributed by atoms with Crippen LogP contribution < -0.4 is 21.5 Å². The number of hydrogen-bond donors (Lipinski definition) is 3. The van der Waals surface area contributed by atoms with Crippen molar-refractivity contribution in [3.05, 3.63) is 52.1 Å². The van der Waals surface area contributed by atoms with Gasteiger partial charge in [-0.2, -0.15) is 0 Å². The number of hydrogen-bond acceptors (Lipinski definition) is 7. The van der Waals surface area contributed by atoms with Gasteiger partial charge in [-0.25, -0.2) is 4.79 Å². The van der Waals surface area contributed by atoms with Crippen LogP contribution in [0.2, 0.25) is 5.02 Å². The lowest BCUT2D eigenvalue weighted by molar-refractivity contribution is -0.136. The fraction of sp³-hybridized carbons (Fsp3) is 0.312. The van der Waals surface area contributed by atoms with Crippen LogP contribution in [0.5, 0.6) is 5.75 Å². The van der Waals surface area contributed by atoms with Crippen LogP contribution in [-0.2, 0) is 16.1 Å². The molecule has 1 heterocycles. The zero-order chi connectivity index (χ0) is 17.7. The van der Waals surface area contributed by atoms with E-state index < -0.39 is 5.97 Å². The molecule has 1 aromatic carbocycles. The molecule has 0 amide bonds. The van der Waals surface area contributed by atoms with Crippen LogP contribution in [0.4, 0.5) is 0 Å². The van der Waals surface area contributed by atoms with Gasteiger partial charge in [-0.3, -0.25) is 0 Å². The summed E-state index contributed by atoms with van der Waals surface area (Å²) < 4.78 is 10.0. The Labute approximate surface area is 145 Å². The van der Waals surface area contributed by atoms with Gasteiger partial charge < -0.3 is 31.2 Å². The number of nitrogens with one attached hydrogen (secondary N) is 1. The van der Waals surface area contributed by atoms with Gasteiger partial charge >= 0.3 is 5.97 Å². The zero-order valence-corrected chi connectivity index (χ0v) is 14.4. The Bertz CT molecular complexity index is 688. The highest BCUT2D eigenvalue weighted by molar-refractivity contribution is 6.30. The maximum absolute atomic E-state index is 11.5. The smallest absolute Gasteiger partial charge is 0.353 e. The first-order chi connectivity index (χ1) is 11.5. The summed E-state index contributed by atoms with van der Waals surface area (Å²) in [5, 5.41) is 3.67. The number of allylic oxidation sites excluding steroid dienone is 1. The fourth-order valence-corrected chi connectivity index (χ4v) is 2.64. The number of benzene rings is 1. The third kappa shape index (κ3) is 4.05. The van der Waals surface area contributed by atoms with Crippen LogP contribution in [0, 0.1) is 0 Å². The van der Waals surface area contributed by atoms with E-state index in [2.05, 4.69) is 10.1 Å². The van der Waals surface area contributed by atoms with E-state index in [9.17, 15) is 4.79 Å². The summed E-state index contributed by atoms with van der Waals surface area (Å²) in [5.74, 6) is 0.552. The van der Waals surface area contributed by atoms with Crippen LogP contribution in [0.3, 0.4) is 0 Å². The molecule has 5 N–H and O–H groups in total. The summed E-state index contributed by atoms with van der Waals surface area (Å²) in [6.45, 7) is 1.85. The van der Waals surface area contributed by atoms with Gasteiger partial charge in [0.1, 0.15) is 17.3 Å². The summed E-state index contributed by atoms with van der Waals surface area (Å²) >= 11 is 6.08. The number of ether oxygens (including phenoxy) is 2. The van der Waals surface area contributed by atoms with E-state index in [-0.39, 0.29) is 5.70 Å². The monoisotopic (exact) mass is 352 g/mol. The second kappa shape index (κ2) is 7.83. The molecular formula is C16H21ClN4O3. The zero-order valence-electron chi connectivity index (χ0n) is 13.6. The molecule has 0 saturated carbocycles. The standard InChI is InChI=1S/C16H21ClN4O3/c1-23-14-4-3-11(17)7-10(14)9-21-6-5-20-15(19)13(21)8-12(18)16(22)24-2/h3-4,7-8,20H,5-6,9,18-19H2,1-2H3/b12-8-. The van der Waals surface area contributed by atoms with Crippen molar-refractivity contribution >= 4 is 17.6 Å². The van der Waals surface area contributed by atoms with Crippen LogP contribution in [0.25, 0.3) is 0 Å². The molecule has 0 aromatic heterocycles. The van der Waals surface area contributed by atoms with E-state index in [4.69, 9.17) is 27.8 Å². The average molecular weight is 353 g/mol. The number of esters is 1. The number of nitrogens with zero attached hydrogens (tertiary/aromatic N) is 1. The van der Waals surface area contributed by atoms with Crippen molar-refractivity contribution in [2.24, 2.45) is 11.5 Å². The Morgan fingerprint density at radius 3 is 2.88 bits per heavy atom. The molecule has 130 valence electrons. The van der Waals surface area contributed by atoms with E-state index in [1.807, 2.05) is 17.0 Å². The molecule has 1 aromatic rings. The molecule has 0 saturated heterocycles. The molecule has 2 rings (SSSR count). The molecule has 0 fully saturated rings. The number of carbonyl (C=O) groups is 1. The Balaban J connectivity index is 2.33. The van der Waals surface area contributed by atoms with Gasteiger partial charge in [0, 0.05) is 30.2 Å². The van der Waals surface area contributed by atoms with Gasteiger partial charge in [-0.1, -0.05) is 11.6 Å². The van der Waals surface area contributed by atoms with Gasteiger partial charge in [0.15, 0.2) is 0 Å². The first kappa shape index (κ1) is 17.8. The molecule has 0 spiro atoms. The summed E-state index contributed by atoms with van der Waals surface area (Å²) in [6.07, 6.45) is 1.50. The topological polar surface area (TPSA) is 103 Å². The predicted molar refractivity (Wildman–Crippen MR) is 91.9 cm³/mol. The van der Waals surface area contributed by atoms with Gasteiger partial charge in [0.25, 0.3) is 0 Å². The summed E-state index contributed by atoms with van der Waals surface area (Å²) in [6, 6.07) is 5.41. The Kier molecular flexibility index (Phi) is 5.81. The summed E-state index contributed by atoms with van der Waals surface area (Å²) in [5.41, 5.74) is 13.3. The maximum Gasteiger partial charge on any atom is 0.353 e. The summed E-state index contributed by atoms with van der Waals surface area (Å²) in [4.78, 5) is 13.5. The third-order valence-electron chi connectivity index (χ3n) is 3.63. The highest BCUT2D eigenvalue weighted by atomic mass is 35.5. The molecule has 0 bridgehead atoms. The number of rotatable bonds is 5. The lowest BCUT2D eigenvalue weighted by Gasteiger charge is -2.32. The van der Waals surface area contributed by atoms with Crippen molar-refractivity contribution < 1.29 is 14.3 Å². The molecule has 1 aliphatic heterocycles. The summed E-state index contributed by atoms with van der Waals surface area (Å²) in [7, 11) is 2.87. The molecule has 8 heteroatoms. The first-order valence-corrected chi connectivity index (χ1v) is 7.70. The molecular weight excluding hydrogens is 332 g/mol. The first-order valence-electron chi connectivity index (χ1n) is 7.32. The van der Waals surface area contributed by atoms with Crippen molar-refractivity contribution in [3.8, 4) is 5.75 Å². The van der Waals surface area contributed by atoms with Gasteiger partial charge in [0.2, 0.25) is 0 Å². The van der Waals surface area contributed by atoms with Gasteiger partial charge in [-0.15, -0.1) is 0 Å². The van der Waals surface area contributed by atoms with Crippen molar-refractivity contribution in [2.75, 3.05) is 27.3 Å². The van der Waals surface area contributed by atoms with E-state index in [0.717, 1.165) is 11.3 Å². The Hall–Kier alpha value is -2.54.